The van der Waals surface area contributed by atoms with Crippen LogP contribution in [-0.4, -0.2) is 40.6 Å². The predicted octanol–water partition coefficient (Wildman–Crippen LogP) is 2.62. The highest BCUT2D eigenvalue weighted by Crippen LogP contribution is 2.31. The molecule has 1 amide bonds. The molecule has 2 aliphatic rings. The quantitative estimate of drug-likeness (QED) is 0.864. The van der Waals surface area contributed by atoms with Gasteiger partial charge in [-0.15, -0.1) is 0 Å². The lowest BCUT2D eigenvalue weighted by molar-refractivity contribution is -0.150. The third kappa shape index (κ3) is 3.30. The number of aliphatic carboxylic acids is 1. The molecular formula is C15H24FNO3. The van der Waals surface area contributed by atoms with E-state index in [0.717, 1.165) is 6.42 Å². The van der Waals surface area contributed by atoms with Crippen LogP contribution in [-0.2, 0) is 9.59 Å². The fourth-order valence-electron chi connectivity index (χ4n) is 3.47. The molecule has 0 spiro atoms. The second kappa shape index (κ2) is 6.10. The molecule has 2 unspecified atom stereocenters. The molecule has 2 atom stereocenters. The Labute approximate surface area is 119 Å². The normalized spacial score (nSPS) is 29.4. The van der Waals surface area contributed by atoms with Crippen LogP contribution in [0.25, 0.3) is 0 Å². The molecule has 1 N–H and O–H groups in total. The number of nitrogens with zero attached hydrogens (tertiary/aromatic N) is 1. The van der Waals surface area contributed by atoms with Gasteiger partial charge in [0, 0.05) is 18.9 Å². The Morgan fingerprint density at radius 3 is 2.55 bits per heavy atom. The number of carbonyl (C=O) groups excluding carboxylic acids is 1. The number of carboxylic acids is 1. The molecule has 20 heavy (non-hydrogen) atoms. The van der Waals surface area contributed by atoms with Crippen molar-refractivity contribution >= 4 is 11.9 Å². The molecule has 5 heteroatoms. The molecule has 1 saturated carbocycles. The summed E-state index contributed by atoms with van der Waals surface area (Å²) in [5.41, 5.74) is -2.25. The molecule has 2 rings (SSSR count). The van der Waals surface area contributed by atoms with Crippen LogP contribution >= 0.6 is 0 Å². The number of rotatable bonds is 4. The van der Waals surface area contributed by atoms with Crippen LogP contribution < -0.4 is 0 Å². The van der Waals surface area contributed by atoms with Gasteiger partial charge in [0.1, 0.15) is 0 Å². The van der Waals surface area contributed by atoms with Gasteiger partial charge in [0.2, 0.25) is 11.6 Å². The average molecular weight is 285 g/mol. The zero-order valence-corrected chi connectivity index (χ0v) is 12.1. The summed E-state index contributed by atoms with van der Waals surface area (Å²) >= 11 is 0. The number of alkyl halides is 1. The maximum atomic E-state index is 14.0. The third-order valence-electron chi connectivity index (χ3n) is 4.75. The first kappa shape index (κ1) is 15.3. The van der Waals surface area contributed by atoms with Crippen LogP contribution in [0.3, 0.4) is 0 Å². The van der Waals surface area contributed by atoms with E-state index in [-0.39, 0.29) is 31.3 Å². The number of carbonyl (C=O) groups is 2. The Kier molecular flexibility index (Phi) is 4.66. The van der Waals surface area contributed by atoms with Crippen molar-refractivity contribution in [2.24, 2.45) is 11.8 Å². The lowest BCUT2D eigenvalue weighted by atomic mass is 9.83. The molecule has 0 radical (unpaired) electrons. The van der Waals surface area contributed by atoms with Crippen LogP contribution in [0.4, 0.5) is 4.39 Å². The van der Waals surface area contributed by atoms with E-state index in [9.17, 15) is 14.0 Å². The van der Waals surface area contributed by atoms with E-state index in [2.05, 4.69) is 0 Å². The molecular weight excluding hydrogens is 261 g/mol. The predicted molar refractivity (Wildman–Crippen MR) is 73.0 cm³/mol. The van der Waals surface area contributed by atoms with Gasteiger partial charge in [-0.1, -0.05) is 39.0 Å². The number of amides is 1. The van der Waals surface area contributed by atoms with Crippen LogP contribution in [0.15, 0.2) is 0 Å². The average Bonchev–Trinajstić information content (AvgIpc) is 2.83. The largest absolute Gasteiger partial charge is 0.479 e. The summed E-state index contributed by atoms with van der Waals surface area (Å²) in [6.45, 7) is 1.81. The molecule has 0 aromatic heterocycles. The third-order valence-corrected chi connectivity index (χ3v) is 4.75. The first-order valence-corrected chi connectivity index (χ1v) is 7.63. The second-order valence-electron chi connectivity index (χ2n) is 6.42. The van der Waals surface area contributed by atoms with Crippen molar-refractivity contribution in [3.8, 4) is 0 Å². The Morgan fingerprint density at radius 2 is 2.00 bits per heavy atom. The molecule has 0 aromatic carbocycles. The maximum Gasteiger partial charge on any atom is 0.343 e. The SMILES string of the molecule is CC(CC1CCCCC1)C(=O)N1CCC(F)(C(=O)O)C1. The van der Waals surface area contributed by atoms with Crippen LogP contribution in [0.2, 0.25) is 0 Å². The molecule has 0 bridgehead atoms. The van der Waals surface area contributed by atoms with Crippen molar-refractivity contribution in [1.29, 1.82) is 0 Å². The van der Waals surface area contributed by atoms with Crippen molar-refractivity contribution < 1.29 is 19.1 Å². The fourth-order valence-corrected chi connectivity index (χ4v) is 3.47. The first-order chi connectivity index (χ1) is 9.42. The van der Waals surface area contributed by atoms with Crippen LogP contribution in [0, 0.1) is 11.8 Å². The number of carboxylic acid groups (broad SMARTS) is 1. The summed E-state index contributed by atoms with van der Waals surface area (Å²) in [4.78, 5) is 24.6. The van der Waals surface area contributed by atoms with Gasteiger partial charge < -0.3 is 10.0 Å². The Balaban J connectivity index is 1.86. The lowest BCUT2D eigenvalue weighted by Crippen LogP contribution is -2.40. The smallest absolute Gasteiger partial charge is 0.343 e. The minimum atomic E-state index is -2.25. The van der Waals surface area contributed by atoms with Crippen molar-refractivity contribution in [3.05, 3.63) is 0 Å². The van der Waals surface area contributed by atoms with Gasteiger partial charge >= 0.3 is 5.97 Å². The molecule has 114 valence electrons. The number of halogens is 1. The summed E-state index contributed by atoms with van der Waals surface area (Å²) in [6, 6.07) is 0. The van der Waals surface area contributed by atoms with Crippen molar-refractivity contribution in [2.45, 2.75) is 57.5 Å². The summed E-state index contributed by atoms with van der Waals surface area (Å²) < 4.78 is 14.0. The Bertz CT molecular complexity index is 381. The highest BCUT2D eigenvalue weighted by Gasteiger charge is 2.47. The van der Waals surface area contributed by atoms with Gasteiger partial charge in [-0.25, -0.2) is 9.18 Å². The van der Waals surface area contributed by atoms with Gasteiger partial charge in [-0.05, 0) is 12.3 Å². The van der Waals surface area contributed by atoms with E-state index < -0.39 is 11.6 Å². The molecule has 4 nitrogen and oxygen atoms in total. The lowest BCUT2D eigenvalue weighted by Gasteiger charge is -2.27. The van der Waals surface area contributed by atoms with E-state index in [4.69, 9.17) is 5.11 Å². The van der Waals surface area contributed by atoms with Crippen molar-refractivity contribution in [3.63, 3.8) is 0 Å². The van der Waals surface area contributed by atoms with Gasteiger partial charge in [-0.3, -0.25) is 4.79 Å². The Hall–Kier alpha value is -1.13. The summed E-state index contributed by atoms with van der Waals surface area (Å²) in [5, 5.41) is 8.86. The monoisotopic (exact) mass is 285 g/mol. The zero-order chi connectivity index (χ0) is 14.8. The standard InChI is InChI=1S/C15H24FNO3/c1-11(9-12-5-3-2-4-6-12)13(18)17-8-7-15(16,10-17)14(19)20/h11-12H,2-10H2,1H3,(H,19,20). The van der Waals surface area contributed by atoms with Gasteiger partial charge in [-0.2, -0.15) is 0 Å². The van der Waals surface area contributed by atoms with Crippen LogP contribution in [0.5, 0.6) is 0 Å². The molecule has 1 aliphatic heterocycles. The second-order valence-corrected chi connectivity index (χ2v) is 6.42. The summed E-state index contributed by atoms with van der Waals surface area (Å²) in [7, 11) is 0. The molecule has 0 aromatic rings. The van der Waals surface area contributed by atoms with E-state index in [0.29, 0.717) is 5.92 Å². The fraction of sp³-hybridized carbons (Fsp3) is 0.867. The molecule has 1 aliphatic carbocycles. The molecule has 1 heterocycles. The van der Waals surface area contributed by atoms with E-state index in [1.165, 1.54) is 37.0 Å². The van der Waals surface area contributed by atoms with E-state index in [1.54, 1.807) is 0 Å². The van der Waals surface area contributed by atoms with Crippen LogP contribution in [0.1, 0.15) is 51.9 Å². The maximum absolute atomic E-state index is 14.0. The highest BCUT2D eigenvalue weighted by atomic mass is 19.1. The summed E-state index contributed by atoms with van der Waals surface area (Å²) in [6.07, 6.45) is 6.88. The topological polar surface area (TPSA) is 57.6 Å². The number of hydrogen-bond acceptors (Lipinski definition) is 2. The van der Waals surface area contributed by atoms with E-state index in [1.807, 2.05) is 6.92 Å². The van der Waals surface area contributed by atoms with Gasteiger partial charge in [0.15, 0.2) is 0 Å². The highest BCUT2D eigenvalue weighted by molar-refractivity contribution is 5.83. The first-order valence-electron chi connectivity index (χ1n) is 7.63. The Morgan fingerprint density at radius 1 is 1.35 bits per heavy atom. The minimum absolute atomic E-state index is 0.0867. The number of likely N-dealkylation sites (tertiary alicyclic amines) is 1. The summed E-state index contributed by atoms with van der Waals surface area (Å²) in [5.74, 6) is -1.07. The minimum Gasteiger partial charge on any atom is -0.479 e. The zero-order valence-electron chi connectivity index (χ0n) is 12.1. The van der Waals surface area contributed by atoms with Crippen molar-refractivity contribution in [1.82, 2.24) is 4.90 Å². The van der Waals surface area contributed by atoms with Gasteiger partial charge in [0.25, 0.3) is 0 Å². The molecule has 2 fully saturated rings. The number of hydrogen-bond donors (Lipinski definition) is 1. The van der Waals surface area contributed by atoms with Gasteiger partial charge in [0.05, 0.1) is 6.54 Å². The molecule has 1 saturated heterocycles. The van der Waals surface area contributed by atoms with E-state index >= 15 is 0 Å². The van der Waals surface area contributed by atoms with Crippen molar-refractivity contribution in [2.75, 3.05) is 13.1 Å².